The molecular weight excluding hydrogens is 161 g/mol. The van der Waals surface area contributed by atoms with Crippen molar-refractivity contribution in [3.63, 3.8) is 0 Å². The third kappa shape index (κ3) is 1.43. The summed E-state index contributed by atoms with van der Waals surface area (Å²) in [5.74, 6) is 0.215. The average molecular weight is 166 g/mol. The van der Waals surface area contributed by atoms with Gasteiger partial charge in [-0.15, -0.1) is 0 Å². The standard InChI is InChI=1S/C3H5FN3O2S/c1-2-5-3(7-6-2)10(4,8)9/h1H3,(H2-,5,6,7,8,9)/q-1. The minimum Gasteiger partial charge on any atom is -0.352 e. The fraction of sp³-hybridized carbons (Fsp3) is 0.333. The lowest BCUT2D eigenvalue weighted by Gasteiger charge is -2.19. The summed E-state index contributed by atoms with van der Waals surface area (Å²) in [5.41, 5.74) is 0. The highest BCUT2D eigenvalue weighted by atomic mass is 32.3. The molecule has 0 amide bonds. The number of aryl methyl sites for hydroxylation is 1. The van der Waals surface area contributed by atoms with Crippen LogP contribution < -0.4 is 4.98 Å². The summed E-state index contributed by atoms with van der Waals surface area (Å²) >= 11 is 0. The molecule has 0 spiro atoms. The van der Waals surface area contributed by atoms with Crippen molar-refractivity contribution < 1.29 is 13.0 Å². The SMILES string of the molecule is Cc1nnc(S(O)(O)F)[n-]1. The van der Waals surface area contributed by atoms with Crippen LogP contribution >= 0.6 is 11.0 Å². The van der Waals surface area contributed by atoms with Crippen LogP contribution in [0.15, 0.2) is 5.16 Å². The van der Waals surface area contributed by atoms with Gasteiger partial charge in [0.05, 0.1) is 0 Å². The lowest BCUT2D eigenvalue weighted by Crippen LogP contribution is -1.94. The third-order valence-corrected chi connectivity index (χ3v) is 1.41. The van der Waals surface area contributed by atoms with E-state index in [1.165, 1.54) is 6.92 Å². The molecule has 2 N–H and O–H groups in total. The van der Waals surface area contributed by atoms with E-state index in [-0.39, 0.29) is 5.82 Å². The van der Waals surface area contributed by atoms with Gasteiger partial charge in [0.1, 0.15) is 5.16 Å². The number of rotatable bonds is 1. The van der Waals surface area contributed by atoms with E-state index in [1.807, 2.05) is 0 Å². The number of halogens is 1. The van der Waals surface area contributed by atoms with Gasteiger partial charge < -0.3 is 15.2 Å². The van der Waals surface area contributed by atoms with E-state index >= 15 is 0 Å². The number of hydrogen-bond donors (Lipinski definition) is 2. The molecule has 1 aromatic rings. The van der Waals surface area contributed by atoms with E-state index < -0.39 is 16.1 Å². The number of aromatic nitrogens is 3. The first kappa shape index (κ1) is 7.45. The van der Waals surface area contributed by atoms with Gasteiger partial charge >= 0.3 is 0 Å². The highest BCUT2D eigenvalue weighted by Crippen LogP contribution is 2.46. The summed E-state index contributed by atoms with van der Waals surface area (Å²) < 4.78 is 28.8. The van der Waals surface area contributed by atoms with Gasteiger partial charge in [-0.2, -0.15) is 0 Å². The Morgan fingerprint density at radius 1 is 1.50 bits per heavy atom. The number of nitrogens with zero attached hydrogens (tertiary/aromatic N) is 3. The van der Waals surface area contributed by atoms with E-state index in [0.717, 1.165) is 0 Å². The molecule has 0 aliphatic heterocycles. The van der Waals surface area contributed by atoms with E-state index in [0.29, 0.717) is 0 Å². The Balaban J connectivity index is 2.96. The van der Waals surface area contributed by atoms with Crippen LogP contribution in [0.1, 0.15) is 5.82 Å². The zero-order valence-corrected chi connectivity index (χ0v) is 5.84. The second-order valence-corrected chi connectivity index (χ2v) is 2.94. The van der Waals surface area contributed by atoms with Crippen LogP contribution in [0.25, 0.3) is 0 Å². The van der Waals surface area contributed by atoms with E-state index in [4.69, 9.17) is 9.11 Å². The molecule has 1 heterocycles. The molecule has 10 heavy (non-hydrogen) atoms. The fourth-order valence-electron chi connectivity index (χ4n) is 0.408. The van der Waals surface area contributed by atoms with E-state index in [2.05, 4.69) is 15.2 Å². The second kappa shape index (κ2) is 2.19. The lowest BCUT2D eigenvalue weighted by molar-refractivity contribution is 0.424. The summed E-state index contributed by atoms with van der Waals surface area (Å²) in [4.78, 5) is 3.32. The van der Waals surface area contributed by atoms with Gasteiger partial charge in [-0.3, -0.25) is 9.11 Å². The Morgan fingerprint density at radius 3 is 2.30 bits per heavy atom. The number of hydrogen-bond acceptors (Lipinski definition) is 4. The van der Waals surface area contributed by atoms with Gasteiger partial charge in [-0.1, -0.05) is 3.89 Å². The zero-order valence-electron chi connectivity index (χ0n) is 5.02. The summed E-state index contributed by atoms with van der Waals surface area (Å²) in [6.45, 7) is 1.47. The normalized spacial score (nSPS) is 13.6. The Kier molecular flexibility index (Phi) is 1.63. The minimum atomic E-state index is -4.27. The molecule has 0 aromatic carbocycles. The summed E-state index contributed by atoms with van der Waals surface area (Å²) in [7, 11) is -4.27. The van der Waals surface area contributed by atoms with Crippen LogP contribution in [0, 0.1) is 6.92 Å². The molecule has 1 rings (SSSR count). The maximum absolute atomic E-state index is 12.2. The van der Waals surface area contributed by atoms with Crippen LogP contribution in [0.2, 0.25) is 0 Å². The molecule has 0 fully saturated rings. The lowest BCUT2D eigenvalue weighted by atomic mass is 10.8. The summed E-state index contributed by atoms with van der Waals surface area (Å²) in [6, 6.07) is 0. The van der Waals surface area contributed by atoms with Gasteiger partial charge in [0.15, 0.2) is 0 Å². The smallest absolute Gasteiger partial charge is 0.136 e. The Morgan fingerprint density at radius 2 is 2.10 bits per heavy atom. The van der Waals surface area contributed by atoms with Crippen LogP contribution in [-0.2, 0) is 0 Å². The predicted octanol–water partition coefficient (Wildman–Crippen LogP) is 0.736. The van der Waals surface area contributed by atoms with Crippen molar-refractivity contribution >= 4 is 11.0 Å². The highest BCUT2D eigenvalue weighted by molar-refractivity contribution is 8.19. The molecule has 0 radical (unpaired) electrons. The van der Waals surface area contributed by atoms with Crippen molar-refractivity contribution in [2.24, 2.45) is 0 Å². The topological polar surface area (TPSA) is 80.3 Å². The quantitative estimate of drug-likeness (QED) is 0.643. The van der Waals surface area contributed by atoms with Crippen LogP contribution in [0.4, 0.5) is 3.89 Å². The average Bonchev–Trinajstić information content (AvgIpc) is 2.11. The van der Waals surface area contributed by atoms with Gasteiger partial charge in [-0.25, -0.2) is 0 Å². The van der Waals surface area contributed by atoms with Crippen LogP contribution in [0.3, 0.4) is 0 Å². The minimum absolute atomic E-state index is 0.215. The maximum Gasteiger partial charge on any atom is 0.136 e. The van der Waals surface area contributed by atoms with Crippen molar-refractivity contribution in [1.82, 2.24) is 15.2 Å². The molecular formula is C3H5FN3O2S-. The first-order valence-corrected chi connectivity index (χ1v) is 3.77. The molecule has 0 aliphatic rings. The van der Waals surface area contributed by atoms with E-state index in [9.17, 15) is 3.89 Å². The molecule has 5 nitrogen and oxygen atoms in total. The van der Waals surface area contributed by atoms with Crippen LogP contribution in [-0.4, -0.2) is 19.3 Å². The zero-order chi connectivity index (χ0) is 7.78. The maximum atomic E-state index is 12.2. The van der Waals surface area contributed by atoms with Gasteiger partial charge in [0.2, 0.25) is 0 Å². The van der Waals surface area contributed by atoms with E-state index in [1.54, 1.807) is 0 Å². The fourth-order valence-corrected chi connectivity index (χ4v) is 0.801. The molecule has 1 aromatic heterocycles. The highest BCUT2D eigenvalue weighted by Gasteiger charge is 2.10. The Hall–Kier alpha value is -0.660. The summed E-state index contributed by atoms with van der Waals surface area (Å²) in [5, 5.41) is 5.72. The first-order valence-electron chi connectivity index (χ1n) is 2.32. The third-order valence-electron chi connectivity index (χ3n) is 0.770. The Labute approximate surface area is 57.9 Å². The van der Waals surface area contributed by atoms with Crippen molar-refractivity contribution in [2.75, 3.05) is 0 Å². The molecule has 7 heteroatoms. The van der Waals surface area contributed by atoms with Gasteiger partial charge in [-0.05, 0) is 23.7 Å². The molecule has 0 bridgehead atoms. The summed E-state index contributed by atoms with van der Waals surface area (Å²) in [6.07, 6.45) is 0. The van der Waals surface area contributed by atoms with Crippen LogP contribution in [0.5, 0.6) is 0 Å². The second-order valence-electron chi connectivity index (χ2n) is 1.62. The molecule has 0 saturated carbocycles. The van der Waals surface area contributed by atoms with Crippen molar-refractivity contribution in [3.05, 3.63) is 5.82 Å². The van der Waals surface area contributed by atoms with Gasteiger partial charge in [0.25, 0.3) is 0 Å². The van der Waals surface area contributed by atoms with Crippen molar-refractivity contribution in [3.8, 4) is 0 Å². The molecule has 0 saturated heterocycles. The molecule has 0 atom stereocenters. The first-order chi connectivity index (χ1) is 4.50. The van der Waals surface area contributed by atoms with Crippen molar-refractivity contribution in [2.45, 2.75) is 12.1 Å². The van der Waals surface area contributed by atoms with Gasteiger partial charge in [0, 0.05) is 0 Å². The largest absolute Gasteiger partial charge is 0.352 e. The van der Waals surface area contributed by atoms with Crippen molar-refractivity contribution in [1.29, 1.82) is 0 Å². The predicted molar refractivity (Wildman–Crippen MR) is 32.3 cm³/mol. The molecule has 58 valence electrons. The monoisotopic (exact) mass is 166 g/mol. The molecule has 0 unspecified atom stereocenters. The molecule has 0 aliphatic carbocycles. The Bertz CT molecular complexity index is 232.